The number of likely N-dealkylation sites (N-methyl/N-ethyl adjacent to an activating group) is 1. The van der Waals surface area contributed by atoms with Crippen molar-refractivity contribution in [2.75, 3.05) is 20.1 Å². The summed E-state index contributed by atoms with van der Waals surface area (Å²) < 4.78 is 0. The Morgan fingerprint density at radius 1 is 1.14 bits per heavy atom. The Morgan fingerprint density at radius 3 is 2.43 bits per heavy atom. The molecule has 1 heterocycles. The highest BCUT2D eigenvalue weighted by Crippen LogP contribution is 2.20. The highest BCUT2D eigenvalue weighted by atomic mass is 15.1. The molecule has 0 bridgehead atoms. The van der Waals surface area contributed by atoms with Gasteiger partial charge in [0.25, 0.3) is 0 Å². The second-order valence-corrected chi connectivity index (χ2v) is 3.61. The van der Waals surface area contributed by atoms with Crippen LogP contribution in [-0.2, 0) is 0 Å². The van der Waals surface area contributed by atoms with Gasteiger partial charge in [0.05, 0.1) is 0 Å². The van der Waals surface area contributed by atoms with E-state index in [0.29, 0.717) is 0 Å². The maximum absolute atomic E-state index is 2.34. The van der Waals surface area contributed by atoms with Crippen LogP contribution in [0.15, 0.2) is 36.4 Å². The molecular formula is C12H18N2. The monoisotopic (exact) mass is 190 g/mol. The Labute approximate surface area is 85.8 Å². The molecule has 1 aliphatic heterocycles. The van der Waals surface area contributed by atoms with Crippen molar-refractivity contribution in [2.24, 2.45) is 0 Å². The molecule has 2 nitrogen and oxygen atoms in total. The van der Waals surface area contributed by atoms with Crippen molar-refractivity contribution in [1.29, 1.82) is 0 Å². The van der Waals surface area contributed by atoms with E-state index >= 15 is 0 Å². The zero-order valence-corrected chi connectivity index (χ0v) is 8.74. The average molecular weight is 190 g/mol. The third-order valence-electron chi connectivity index (χ3n) is 2.56. The van der Waals surface area contributed by atoms with Crippen molar-refractivity contribution < 1.29 is 0 Å². The van der Waals surface area contributed by atoms with E-state index in [4.69, 9.17) is 0 Å². The maximum atomic E-state index is 2.34. The molecule has 0 amide bonds. The maximum Gasteiger partial charge on any atom is 0.0166 e. The summed E-state index contributed by atoms with van der Waals surface area (Å²) >= 11 is 0. The second-order valence-electron chi connectivity index (χ2n) is 3.61. The first kappa shape index (κ1) is 11.0. The smallest absolute Gasteiger partial charge is 0.0166 e. The van der Waals surface area contributed by atoms with Crippen LogP contribution in [0.25, 0.3) is 5.57 Å². The molecule has 1 aromatic rings. The van der Waals surface area contributed by atoms with Gasteiger partial charge in [-0.3, -0.25) is 0 Å². The van der Waals surface area contributed by atoms with Gasteiger partial charge in [0.1, 0.15) is 0 Å². The first-order chi connectivity index (χ1) is 6.36. The fourth-order valence-electron chi connectivity index (χ4n) is 1.69. The first-order valence-electron chi connectivity index (χ1n) is 4.79. The van der Waals surface area contributed by atoms with E-state index in [0.717, 1.165) is 6.54 Å². The molecule has 0 saturated carbocycles. The van der Waals surface area contributed by atoms with Crippen LogP contribution in [0.2, 0.25) is 0 Å². The lowest BCUT2D eigenvalue weighted by molar-refractivity contribution is 0.370. The summed E-state index contributed by atoms with van der Waals surface area (Å²) in [5.41, 5.74) is 2.88. The number of nitrogens with zero attached hydrogens (tertiary/aromatic N) is 1. The molecule has 3 N–H and O–H groups in total. The van der Waals surface area contributed by atoms with Crippen LogP contribution < -0.4 is 6.15 Å². The normalized spacial score (nSPS) is 17.1. The minimum Gasteiger partial charge on any atom is -0.344 e. The van der Waals surface area contributed by atoms with Crippen molar-refractivity contribution in [1.82, 2.24) is 11.1 Å². The van der Waals surface area contributed by atoms with Crippen molar-refractivity contribution in [3.8, 4) is 0 Å². The first-order valence-corrected chi connectivity index (χ1v) is 4.79. The summed E-state index contributed by atoms with van der Waals surface area (Å²) in [4.78, 5) is 2.34. The molecule has 0 aromatic heterocycles. The highest BCUT2D eigenvalue weighted by molar-refractivity contribution is 5.66. The van der Waals surface area contributed by atoms with Gasteiger partial charge in [0.2, 0.25) is 0 Å². The summed E-state index contributed by atoms with van der Waals surface area (Å²) in [6.45, 7) is 2.27. The lowest BCUT2D eigenvalue weighted by Crippen LogP contribution is -2.23. The molecule has 1 aliphatic rings. The van der Waals surface area contributed by atoms with Gasteiger partial charge >= 0.3 is 0 Å². The second kappa shape index (κ2) is 4.94. The van der Waals surface area contributed by atoms with Gasteiger partial charge in [-0.15, -0.1) is 0 Å². The molecule has 14 heavy (non-hydrogen) atoms. The molecule has 0 radical (unpaired) electrons. The van der Waals surface area contributed by atoms with Crippen molar-refractivity contribution in [2.45, 2.75) is 6.42 Å². The van der Waals surface area contributed by atoms with Gasteiger partial charge in [0.15, 0.2) is 0 Å². The van der Waals surface area contributed by atoms with Crippen LogP contribution in [0.5, 0.6) is 0 Å². The Balaban J connectivity index is 0.000000980. The van der Waals surface area contributed by atoms with E-state index in [-0.39, 0.29) is 6.15 Å². The molecular weight excluding hydrogens is 172 g/mol. The van der Waals surface area contributed by atoms with E-state index < -0.39 is 0 Å². The minimum absolute atomic E-state index is 0. The molecule has 0 aliphatic carbocycles. The molecule has 2 rings (SSSR count). The summed E-state index contributed by atoms with van der Waals surface area (Å²) in [6.07, 6.45) is 3.51. The van der Waals surface area contributed by atoms with Crippen LogP contribution in [0.4, 0.5) is 0 Å². The zero-order valence-electron chi connectivity index (χ0n) is 8.74. The summed E-state index contributed by atoms with van der Waals surface area (Å²) in [7, 11) is 2.16. The minimum atomic E-state index is 0. The quantitative estimate of drug-likeness (QED) is 0.739. The Kier molecular flexibility index (Phi) is 3.86. The fraction of sp³-hybridized carbons (Fsp3) is 0.333. The van der Waals surface area contributed by atoms with Crippen molar-refractivity contribution in [3.63, 3.8) is 0 Å². The van der Waals surface area contributed by atoms with Gasteiger partial charge < -0.3 is 11.1 Å². The van der Waals surface area contributed by atoms with Gasteiger partial charge in [-0.1, -0.05) is 36.4 Å². The molecule has 1 aromatic carbocycles. The van der Waals surface area contributed by atoms with E-state index in [9.17, 15) is 0 Å². The van der Waals surface area contributed by atoms with Crippen molar-refractivity contribution >= 4 is 5.57 Å². The zero-order chi connectivity index (χ0) is 9.10. The third-order valence-corrected chi connectivity index (χ3v) is 2.56. The third kappa shape index (κ3) is 2.44. The highest BCUT2D eigenvalue weighted by Gasteiger charge is 2.08. The lowest BCUT2D eigenvalue weighted by atomic mass is 10.00. The lowest BCUT2D eigenvalue weighted by Gasteiger charge is -2.21. The largest absolute Gasteiger partial charge is 0.344 e. The average Bonchev–Trinajstić information content (AvgIpc) is 2.20. The standard InChI is InChI=1S/C12H15N.H3N/c1-13-9-7-12(8-10-13)11-5-3-2-4-6-11;/h2-7H,8-10H2,1H3;1H3. The van der Waals surface area contributed by atoms with Gasteiger partial charge in [-0.2, -0.15) is 0 Å². The summed E-state index contributed by atoms with van der Waals surface area (Å²) in [5.74, 6) is 0. The molecule has 2 heteroatoms. The molecule has 0 saturated heterocycles. The topological polar surface area (TPSA) is 38.2 Å². The van der Waals surface area contributed by atoms with Gasteiger partial charge in [-0.05, 0) is 24.6 Å². The number of hydrogen-bond acceptors (Lipinski definition) is 2. The SMILES string of the molecule is CN1CC=C(c2ccccc2)CC1.N. The molecule has 0 spiro atoms. The van der Waals surface area contributed by atoms with Crippen LogP contribution in [0.1, 0.15) is 12.0 Å². The molecule has 0 atom stereocenters. The number of rotatable bonds is 1. The molecule has 0 fully saturated rings. The van der Waals surface area contributed by atoms with Gasteiger partial charge in [0, 0.05) is 13.1 Å². The predicted molar refractivity (Wildman–Crippen MR) is 61.6 cm³/mol. The Bertz CT molecular complexity index is 303. The summed E-state index contributed by atoms with van der Waals surface area (Å²) in [6, 6.07) is 10.7. The van der Waals surface area contributed by atoms with Crippen LogP contribution in [0.3, 0.4) is 0 Å². The van der Waals surface area contributed by atoms with Crippen LogP contribution in [-0.4, -0.2) is 25.0 Å². The van der Waals surface area contributed by atoms with E-state index in [1.54, 1.807) is 0 Å². The molecule has 76 valence electrons. The van der Waals surface area contributed by atoms with E-state index in [1.165, 1.54) is 24.1 Å². The predicted octanol–water partition coefficient (Wildman–Crippen LogP) is 2.57. The number of benzene rings is 1. The van der Waals surface area contributed by atoms with Gasteiger partial charge in [-0.25, -0.2) is 0 Å². The van der Waals surface area contributed by atoms with E-state index in [2.05, 4.69) is 48.4 Å². The molecule has 0 unspecified atom stereocenters. The Hall–Kier alpha value is -1.12. The van der Waals surface area contributed by atoms with Crippen LogP contribution >= 0.6 is 0 Å². The summed E-state index contributed by atoms with van der Waals surface area (Å²) in [5, 5.41) is 0. The fourth-order valence-corrected chi connectivity index (χ4v) is 1.69. The number of hydrogen-bond donors (Lipinski definition) is 1. The van der Waals surface area contributed by atoms with Crippen LogP contribution in [0, 0.1) is 0 Å². The van der Waals surface area contributed by atoms with Crippen molar-refractivity contribution in [3.05, 3.63) is 42.0 Å². The van der Waals surface area contributed by atoms with E-state index in [1.807, 2.05) is 0 Å². The Morgan fingerprint density at radius 2 is 1.86 bits per heavy atom.